The lowest BCUT2D eigenvalue weighted by Crippen LogP contribution is -2.25. The third kappa shape index (κ3) is 6.73. The topological polar surface area (TPSA) is 67.8 Å². The van der Waals surface area contributed by atoms with E-state index in [9.17, 15) is 44.7 Å². The van der Waals surface area contributed by atoms with Crippen molar-refractivity contribution in [2.24, 2.45) is 0 Å². The van der Waals surface area contributed by atoms with Crippen LogP contribution in [-0.2, 0) is 18.9 Å². The van der Waals surface area contributed by atoms with Gasteiger partial charge in [0.25, 0.3) is 11.1 Å². The summed E-state index contributed by atoms with van der Waals surface area (Å²) in [5, 5.41) is 0. The van der Waals surface area contributed by atoms with E-state index in [1.54, 1.807) is 11.1 Å². The fraction of sp³-hybridized carbons (Fsp3) is 0.167. The van der Waals surface area contributed by atoms with Crippen LogP contribution in [-0.4, -0.2) is 14.5 Å². The minimum atomic E-state index is -4.72. The fourth-order valence-electron chi connectivity index (χ4n) is 2.23. The van der Waals surface area contributed by atoms with Crippen molar-refractivity contribution >= 4 is 15.9 Å². The van der Waals surface area contributed by atoms with Crippen LogP contribution in [0.15, 0.2) is 57.0 Å². The highest BCUT2D eigenvalue weighted by Gasteiger charge is 2.32. The molecule has 172 valence electrons. The van der Waals surface area contributed by atoms with E-state index in [4.69, 9.17) is 0 Å². The molecule has 0 fully saturated rings. The molecule has 0 aromatic carbocycles. The number of aromatic nitrogens is 3. The molecule has 3 aromatic heterocycles. The molecular formula is C18H10BrF8N3O2. The van der Waals surface area contributed by atoms with Crippen LogP contribution in [0.25, 0.3) is 0 Å². The zero-order chi connectivity index (χ0) is 24.3. The molecule has 0 saturated carbocycles. The molecule has 0 aliphatic carbocycles. The zero-order valence-corrected chi connectivity index (χ0v) is 16.9. The molecule has 5 nitrogen and oxygen atoms in total. The summed E-state index contributed by atoms with van der Waals surface area (Å²) in [5.41, 5.74) is -4.22. The van der Waals surface area contributed by atoms with E-state index in [0.29, 0.717) is 27.0 Å². The van der Waals surface area contributed by atoms with E-state index in [0.717, 1.165) is 0 Å². The number of nitrogens with zero attached hydrogens (tertiary/aromatic N) is 2. The first-order valence-corrected chi connectivity index (χ1v) is 9.00. The Morgan fingerprint density at radius 1 is 0.906 bits per heavy atom. The molecule has 0 radical (unpaired) electrons. The standard InChI is InChI=1S/C12H7BrF4N2O.C6H3F4NO/c13-9-1-7(3-18-4-9)5-19-6-8(12(15,16)17)2-10(14)11(19)20;7-4-1-3(6(8,9)10)2-11-5(4)12/h1-4,6H,5H2;1-2H,(H,11,12). The number of alkyl halides is 6. The van der Waals surface area contributed by atoms with Gasteiger partial charge in [-0.2, -0.15) is 26.3 Å². The van der Waals surface area contributed by atoms with E-state index >= 15 is 0 Å². The van der Waals surface area contributed by atoms with Gasteiger partial charge in [-0.25, -0.2) is 8.78 Å². The Bertz CT molecular complexity index is 1220. The maximum Gasteiger partial charge on any atom is 0.417 e. The van der Waals surface area contributed by atoms with E-state index in [1.165, 1.54) is 12.4 Å². The first kappa shape index (κ1) is 25.2. The van der Waals surface area contributed by atoms with Gasteiger partial charge in [-0.3, -0.25) is 14.6 Å². The predicted octanol–water partition coefficient (Wildman–Crippen LogP) is 4.74. The molecule has 32 heavy (non-hydrogen) atoms. The molecule has 0 atom stereocenters. The summed E-state index contributed by atoms with van der Waals surface area (Å²) in [6.07, 6.45) is -5.47. The van der Waals surface area contributed by atoms with Gasteiger partial charge in [-0.05, 0) is 39.7 Å². The molecule has 0 unspecified atom stereocenters. The van der Waals surface area contributed by atoms with Gasteiger partial charge in [0, 0.05) is 29.3 Å². The molecule has 3 rings (SSSR count). The van der Waals surface area contributed by atoms with Crippen molar-refractivity contribution < 1.29 is 35.1 Å². The minimum absolute atomic E-state index is 0.152. The largest absolute Gasteiger partial charge is 0.417 e. The summed E-state index contributed by atoms with van der Waals surface area (Å²) < 4.78 is 100. The highest BCUT2D eigenvalue weighted by molar-refractivity contribution is 9.10. The molecular weight excluding hydrogens is 522 g/mol. The number of nitrogens with one attached hydrogen (secondary N) is 1. The van der Waals surface area contributed by atoms with Gasteiger partial charge >= 0.3 is 12.4 Å². The quantitative estimate of drug-likeness (QED) is 0.485. The lowest BCUT2D eigenvalue weighted by molar-refractivity contribution is -0.139. The summed E-state index contributed by atoms with van der Waals surface area (Å²) in [6.45, 7) is -0.202. The second-order valence-electron chi connectivity index (χ2n) is 6.08. The second-order valence-corrected chi connectivity index (χ2v) is 7.00. The van der Waals surface area contributed by atoms with Crippen molar-refractivity contribution in [3.05, 3.63) is 96.5 Å². The molecule has 0 aliphatic rings. The highest BCUT2D eigenvalue weighted by Crippen LogP contribution is 2.29. The Balaban J connectivity index is 0.000000258. The minimum Gasteiger partial charge on any atom is -0.326 e. The zero-order valence-electron chi connectivity index (χ0n) is 15.4. The molecule has 3 aromatic rings. The Morgan fingerprint density at radius 2 is 1.50 bits per heavy atom. The fourth-order valence-corrected chi connectivity index (χ4v) is 2.64. The van der Waals surface area contributed by atoms with E-state index in [1.807, 2.05) is 0 Å². The summed E-state index contributed by atoms with van der Waals surface area (Å²) in [7, 11) is 0. The number of H-pyrrole nitrogens is 1. The third-order valence-electron chi connectivity index (χ3n) is 3.67. The summed E-state index contributed by atoms with van der Waals surface area (Å²) in [5.74, 6) is -2.88. The normalized spacial score (nSPS) is 11.7. The number of aromatic amines is 1. The SMILES string of the molecule is O=c1[nH]cc(C(F)(F)F)cc1F.O=c1c(F)cc(C(F)(F)F)cn1Cc1cncc(Br)c1. The summed E-state index contributed by atoms with van der Waals surface area (Å²) >= 11 is 3.15. The smallest absolute Gasteiger partial charge is 0.326 e. The van der Waals surface area contributed by atoms with Crippen LogP contribution in [0.4, 0.5) is 35.1 Å². The van der Waals surface area contributed by atoms with Crippen molar-refractivity contribution in [2.75, 3.05) is 0 Å². The molecule has 0 amide bonds. The highest BCUT2D eigenvalue weighted by atomic mass is 79.9. The average molecular weight is 532 g/mol. The van der Waals surface area contributed by atoms with Crippen molar-refractivity contribution in [2.45, 2.75) is 18.9 Å². The van der Waals surface area contributed by atoms with Crippen molar-refractivity contribution in [3.8, 4) is 0 Å². The van der Waals surface area contributed by atoms with E-state index < -0.39 is 46.2 Å². The van der Waals surface area contributed by atoms with Gasteiger partial charge in [0.05, 0.1) is 17.7 Å². The van der Waals surface area contributed by atoms with Crippen LogP contribution in [0.3, 0.4) is 0 Å². The van der Waals surface area contributed by atoms with Crippen LogP contribution in [0.5, 0.6) is 0 Å². The Kier molecular flexibility index (Phi) is 7.59. The first-order valence-electron chi connectivity index (χ1n) is 8.20. The molecule has 3 heterocycles. The molecule has 0 saturated heterocycles. The predicted molar refractivity (Wildman–Crippen MR) is 98.7 cm³/mol. The number of halogens is 9. The summed E-state index contributed by atoms with van der Waals surface area (Å²) in [6, 6.07) is 1.93. The van der Waals surface area contributed by atoms with Crippen LogP contribution in [0.1, 0.15) is 16.7 Å². The molecule has 0 aliphatic heterocycles. The van der Waals surface area contributed by atoms with E-state index in [-0.39, 0.29) is 18.7 Å². The van der Waals surface area contributed by atoms with Gasteiger partial charge < -0.3 is 9.55 Å². The molecule has 0 bridgehead atoms. The Labute approximate surface area is 181 Å². The maximum absolute atomic E-state index is 13.3. The van der Waals surface area contributed by atoms with Crippen LogP contribution >= 0.6 is 15.9 Å². The van der Waals surface area contributed by atoms with Crippen molar-refractivity contribution in [1.29, 1.82) is 0 Å². The first-order chi connectivity index (χ1) is 14.7. The number of hydrogen-bond donors (Lipinski definition) is 1. The third-order valence-corrected chi connectivity index (χ3v) is 4.10. The lowest BCUT2D eigenvalue weighted by atomic mass is 10.2. The molecule has 1 N–H and O–H groups in total. The van der Waals surface area contributed by atoms with Gasteiger partial charge in [0.1, 0.15) is 0 Å². The summed E-state index contributed by atoms with van der Waals surface area (Å²) in [4.78, 5) is 27.3. The maximum atomic E-state index is 13.3. The molecule has 14 heteroatoms. The van der Waals surface area contributed by atoms with Gasteiger partial charge in [0.2, 0.25) is 0 Å². The van der Waals surface area contributed by atoms with Crippen LogP contribution in [0.2, 0.25) is 0 Å². The van der Waals surface area contributed by atoms with E-state index in [2.05, 4.69) is 20.9 Å². The Hall–Kier alpha value is -3.03. The monoisotopic (exact) mass is 531 g/mol. The molecule has 0 spiro atoms. The van der Waals surface area contributed by atoms with Gasteiger partial charge in [-0.1, -0.05) is 0 Å². The lowest BCUT2D eigenvalue weighted by Gasteiger charge is -2.11. The van der Waals surface area contributed by atoms with Gasteiger partial charge in [0.15, 0.2) is 11.6 Å². The number of rotatable bonds is 2. The van der Waals surface area contributed by atoms with Crippen LogP contribution in [0, 0.1) is 11.6 Å². The second kappa shape index (κ2) is 9.63. The van der Waals surface area contributed by atoms with Gasteiger partial charge in [-0.15, -0.1) is 0 Å². The Morgan fingerprint density at radius 3 is 2.03 bits per heavy atom. The number of hydrogen-bond acceptors (Lipinski definition) is 3. The number of pyridine rings is 3. The average Bonchev–Trinajstić information content (AvgIpc) is 2.66. The van der Waals surface area contributed by atoms with Crippen LogP contribution < -0.4 is 11.1 Å². The van der Waals surface area contributed by atoms with Crippen molar-refractivity contribution in [1.82, 2.24) is 14.5 Å². The van der Waals surface area contributed by atoms with Crippen molar-refractivity contribution in [3.63, 3.8) is 0 Å².